The third kappa shape index (κ3) is 4.08. The van der Waals surface area contributed by atoms with E-state index in [2.05, 4.69) is 17.9 Å². The summed E-state index contributed by atoms with van der Waals surface area (Å²) in [5.74, 6) is 0.0479. The number of aliphatic hydroxyl groups is 1. The van der Waals surface area contributed by atoms with E-state index in [9.17, 15) is 9.59 Å². The summed E-state index contributed by atoms with van der Waals surface area (Å²) in [5.41, 5.74) is 0. The van der Waals surface area contributed by atoms with Crippen molar-refractivity contribution < 1.29 is 14.7 Å². The maximum Gasteiger partial charge on any atom is 0.238 e. The number of rotatable bonds is 6. The van der Waals surface area contributed by atoms with E-state index in [1.54, 1.807) is 19.0 Å². The Morgan fingerprint density at radius 3 is 2.50 bits per heavy atom. The summed E-state index contributed by atoms with van der Waals surface area (Å²) in [6.45, 7) is -0.387. The molecule has 5 nitrogen and oxygen atoms in total. The topological polar surface area (TPSA) is 69.6 Å². The quantitative estimate of drug-likeness (QED) is 0.377. The zero-order valence-corrected chi connectivity index (χ0v) is 9.20. The normalized spacial score (nSPS) is 14.9. The van der Waals surface area contributed by atoms with E-state index in [0.717, 1.165) is 0 Å². The van der Waals surface area contributed by atoms with E-state index < -0.39 is 12.1 Å². The third-order valence-corrected chi connectivity index (χ3v) is 2.13. The molecule has 0 saturated heterocycles. The first kappa shape index (κ1) is 13.4. The van der Waals surface area contributed by atoms with E-state index in [1.807, 2.05) is 0 Å². The summed E-state index contributed by atoms with van der Waals surface area (Å²) in [6.07, 6.45) is 0.503. The van der Waals surface area contributed by atoms with E-state index in [-0.39, 0.29) is 12.5 Å². The third-order valence-electron chi connectivity index (χ3n) is 1.79. The number of nitrogens with zero attached hydrogens (tertiary/aromatic N) is 1. The van der Waals surface area contributed by atoms with Gasteiger partial charge in [0.15, 0.2) is 0 Å². The number of carbonyl (C=O) groups is 2. The minimum atomic E-state index is -0.829. The first-order chi connectivity index (χ1) is 6.56. The molecule has 0 saturated carbocycles. The van der Waals surface area contributed by atoms with E-state index in [4.69, 9.17) is 5.11 Å². The Hall–Kier alpha value is -0.590. The van der Waals surface area contributed by atoms with Gasteiger partial charge in [-0.25, -0.2) is 0 Å². The van der Waals surface area contributed by atoms with Crippen LogP contribution in [0.5, 0.6) is 0 Å². The van der Waals surface area contributed by atoms with Gasteiger partial charge in [-0.1, -0.05) is 0 Å². The van der Waals surface area contributed by atoms with Gasteiger partial charge in [0.1, 0.15) is 12.3 Å². The molecule has 0 aliphatic carbocycles. The van der Waals surface area contributed by atoms with Crippen molar-refractivity contribution in [1.29, 1.82) is 0 Å². The Labute approximate surface area is 88.9 Å². The molecule has 0 aliphatic rings. The lowest BCUT2D eigenvalue weighted by Gasteiger charge is -2.22. The molecular formula is C8H16N2O3S. The number of amides is 1. The Morgan fingerprint density at radius 2 is 2.21 bits per heavy atom. The summed E-state index contributed by atoms with van der Waals surface area (Å²) in [7, 11) is 3.49. The number of hydrogen-bond acceptors (Lipinski definition) is 5. The molecule has 6 heteroatoms. The van der Waals surface area contributed by atoms with Gasteiger partial charge in [0, 0.05) is 5.75 Å². The Bertz CT molecular complexity index is 199. The van der Waals surface area contributed by atoms with Crippen LogP contribution in [-0.4, -0.2) is 60.7 Å². The lowest BCUT2D eigenvalue weighted by molar-refractivity contribution is -0.127. The number of nitrogens with one attached hydrogen (secondary N) is 1. The van der Waals surface area contributed by atoms with Crippen molar-refractivity contribution in [1.82, 2.24) is 10.2 Å². The van der Waals surface area contributed by atoms with Crippen LogP contribution in [0.15, 0.2) is 0 Å². The standard InChI is InChI=1S/C8H16N2O3S/c1-10(2)7(5-14)8(13)9-6(3-11)4-12/h3,6-7,12,14H,4-5H2,1-2H3,(H,9,13)/t6-,7+/m1/s1. The Kier molecular flexibility index (Phi) is 6.52. The minimum Gasteiger partial charge on any atom is -0.394 e. The minimum absolute atomic E-state index is 0.309. The number of aldehydes is 1. The molecule has 0 spiro atoms. The average molecular weight is 220 g/mol. The van der Waals surface area contributed by atoms with Crippen molar-refractivity contribution in [2.24, 2.45) is 0 Å². The van der Waals surface area contributed by atoms with Crippen molar-refractivity contribution in [2.75, 3.05) is 26.5 Å². The van der Waals surface area contributed by atoms with Gasteiger partial charge in [-0.3, -0.25) is 9.69 Å². The van der Waals surface area contributed by atoms with Crippen LogP contribution in [-0.2, 0) is 9.59 Å². The molecule has 0 bridgehead atoms. The van der Waals surface area contributed by atoms with Crippen molar-refractivity contribution in [3.8, 4) is 0 Å². The highest BCUT2D eigenvalue weighted by Gasteiger charge is 2.21. The van der Waals surface area contributed by atoms with E-state index in [0.29, 0.717) is 12.0 Å². The highest BCUT2D eigenvalue weighted by Crippen LogP contribution is 1.96. The monoisotopic (exact) mass is 220 g/mol. The lowest BCUT2D eigenvalue weighted by Crippen LogP contribution is -2.49. The van der Waals surface area contributed by atoms with E-state index in [1.165, 1.54) is 0 Å². The Morgan fingerprint density at radius 1 is 1.64 bits per heavy atom. The zero-order valence-electron chi connectivity index (χ0n) is 8.30. The number of hydrogen-bond donors (Lipinski definition) is 3. The van der Waals surface area contributed by atoms with Crippen LogP contribution in [0.1, 0.15) is 0 Å². The van der Waals surface area contributed by atoms with Crippen LogP contribution in [0.4, 0.5) is 0 Å². The second-order valence-electron chi connectivity index (χ2n) is 3.10. The average Bonchev–Trinajstić information content (AvgIpc) is 2.14. The first-order valence-corrected chi connectivity index (χ1v) is 4.83. The summed E-state index contributed by atoms with van der Waals surface area (Å²) >= 11 is 4.02. The van der Waals surface area contributed by atoms with Crippen LogP contribution in [0.25, 0.3) is 0 Å². The van der Waals surface area contributed by atoms with Gasteiger partial charge in [0.2, 0.25) is 5.91 Å². The first-order valence-electron chi connectivity index (χ1n) is 4.20. The molecule has 0 aromatic heterocycles. The van der Waals surface area contributed by atoms with Gasteiger partial charge in [-0.05, 0) is 14.1 Å². The Balaban J connectivity index is 4.22. The molecule has 0 aromatic rings. The summed E-state index contributed by atoms with van der Waals surface area (Å²) in [6, 6.07) is -1.22. The van der Waals surface area contributed by atoms with Crippen molar-refractivity contribution in [3.05, 3.63) is 0 Å². The highest BCUT2D eigenvalue weighted by atomic mass is 32.1. The molecule has 0 radical (unpaired) electrons. The highest BCUT2D eigenvalue weighted by molar-refractivity contribution is 7.80. The summed E-state index contributed by atoms with van der Waals surface area (Å²) in [4.78, 5) is 23.5. The van der Waals surface area contributed by atoms with Gasteiger partial charge >= 0.3 is 0 Å². The second-order valence-corrected chi connectivity index (χ2v) is 3.46. The SMILES string of the molecule is CN(C)[C@@H](CS)C(=O)N[C@H](C=O)CO. The van der Waals surface area contributed by atoms with Crippen molar-refractivity contribution in [2.45, 2.75) is 12.1 Å². The van der Waals surface area contributed by atoms with Crippen LogP contribution >= 0.6 is 12.6 Å². The number of thiol groups is 1. The number of carbonyl (C=O) groups excluding carboxylic acids is 2. The molecule has 0 aromatic carbocycles. The maximum absolute atomic E-state index is 11.5. The van der Waals surface area contributed by atoms with Gasteiger partial charge in [-0.15, -0.1) is 0 Å². The molecule has 0 heterocycles. The summed E-state index contributed by atoms with van der Waals surface area (Å²) < 4.78 is 0. The van der Waals surface area contributed by atoms with Gasteiger partial charge in [-0.2, -0.15) is 12.6 Å². The largest absolute Gasteiger partial charge is 0.394 e. The van der Waals surface area contributed by atoms with E-state index >= 15 is 0 Å². The molecule has 82 valence electrons. The van der Waals surface area contributed by atoms with Crippen molar-refractivity contribution in [3.63, 3.8) is 0 Å². The lowest BCUT2D eigenvalue weighted by atomic mass is 10.2. The molecule has 0 rings (SSSR count). The molecule has 0 fully saturated rings. The summed E-state index contributed by atoms with van der Waals surface area (Å²) in [5, 5.41) is 11.1. The van der Waals surface area contributed by atoms with Crippen LogP contribution < -0.4 is 5.32 Å². The maximum atomic E-state index is 11.5. The predicted molar refractivity (Wildman–Crippen MR) is 56.4 cm³/mol. The van der Waals surface area contributed by atoms with Gasteiger partial charge < -0.3 is 15.2 Å². The molecular weight excluding hydrogens is 204 g/mol. The molecule has 2 N–H and O–H groups in total. The number of aliphatic hydroxyl groups excluding tert-OH is 1. The zero-order chi connectivity index (χ0) is 11.1. The molecule has 0 aliphatic heterocycles. The number of likely N-dealkylation sites (N-methyl/N-ethyl adjacent to an activating group) is 1. The van der Waals surface area contributed by atoms with Crippen LogP contribution in [0.3, 0.4) is 0 Å². The molecule has 0 unspecified atom stereocenters. The van der Waals surface area contributed by atoms with Crippen LogP contribution in [0, 0.1) is 0 Å². The molecule has 14 heavy (non-hydrogen) atoms. The fourth-order valence-corrected chi connectivity index (χ4v) is 1.37. The fraction of sp³-hybridized carbons (Fsp3) is 0.750. The smallest absolute Gasteiger partial charge is 0.238 e. The van der Waals surface area contributed by atoms with Gasteiger partial charge in [0.05, 0.1) is 12.6 Å². The predicted octanol–water partition coefficient (Wildman–Crippen LogP) is -1.48. The molecule has 2 atom stereocenters. The fourth-order valence-electron chi connectivity index (χ4n) is 0.882. The van der Waals surface area contributed by atoms with Crippen LogP contribution in [0.2, 0.25) is 0 Å². The molecule has 1 amide bonds. The van der Waals surface area contributed by atoms with Crippen molar-refractivity contribution >= 4 is 24.8 Å². The van der Waals surface area contributed by atoms with Gasteiger partial charge in [0.25, 0.3) is 0 Å². The second kappa shape index (κ2) is 6.80.